The second-order valence-electron chi connectivity index (χ2n) is 7.81. The number of halogens is 2. The zero-order valence-corrected chi connectivity index (χ0v) is 18.2. The maximum absolute atomic E-state index is 12.8. The first kappa shape index (κ1) is 21.3. The molecule has 0 radical (unpaired) electrons. The fourth-order valence-electron chi connectivity index (χ4n) is 4.04. The van der Waals surface area contributed by atoms with Gasteiger partial charge in [-0.15, -0.1) is 0 Å². The lowest BCUT2D eigenvalue weighted by Crippen LogP contribution is -2.45. The van der Waals surface area contributed by atoms with Crippen molar-refractivity contribution in [1.82, 2.24) is 5.32 Å². The molecule has 2 aromatic rings. The van der Waals surface area contributed by atoms with E-state index < -0.39 is 0 Å². The number of carbonyl (C=O) groups excluding carboxylic acids is 1. The highest BCUT2D eigenvalue weighted by Crippen LogP contribution is 2.38. The zero-order valence-electron chi connectivity index (χ0n) is 16.7. The Bertz CT molecular complexity index is 895. The van der Waals surface area contributed by atoms with Crippen LogP contribution >= 0.6 is 23.2 Å². The highest BCUT2D eigenvalue weighted by molar-refractivity contribution is 6.32. The Labute approximate surface area is 186 Å². The monoisotopic (exact) mass is 449 g/mol. The minimum atomic E-state index is -0.152. The highest BCUT2D eigenvalue weighted by atomic mass is 35.5. The van der Waals surface area contributed by atoms with Gasteiger partial charge in [0.2, 0.25) is 5.91 Å². The zero-order chi connectivity index (χ0) is 21.0. The van der Waals surface area contributed by atoms with Crippen molar-refractivity contribution in [3.8, 4) is 11.5 Å². The molecule has 2 aromatic carbocycles. The van der Waals surface area contributed by atoms with Gasteiger partial charge < -0.3 is 19.5 Å². The molecule has 2 aliphatic rings. The van der Waals surface area contributed by atoms with Crippen molar-refractivity contribution >= 4 is 29.1 Å². The third-order valence-electron chi connectivity index (χ3n) is 5.76. The molecule has 0 bridgehead atoms. The molecule has 30 heavy (non-hydrogen) atoms. The average molecular weight is 450 g/mol. The molecule has 2 heterocycles. The number of hydrogen-bond acceptors (Lipinski definition) is 4. The van der Waals surface area contributed by atoms with Crippen LogP contribution in [0.5, 0.6) is 11.5 Å². The molecule has 2 aliphatic heterocycles. The predicted molar refractivity (Wildman–Crippen MR) is 117 cm³/mol. The first-order valence-corrected chi connectivity index (χ1v) is 11.0. The third-order valence-corrected chi connectivity index (χ3v) is 6.29. The molecule has 160 valence electrons. The van der Waals surface area contributed by atoms with Gasteiger partial charge in [0.25, 0.3) is 0 Å². The molecule has 0 unspecified atom stereocenters. The minimum absolute atomic E-state index is 0.0552. The van der Waals surface area contributed by atoms with Crippen LogP contribution in [0.15, 0.2) is 36.4 Å². The molecule has 0 spiro atoms. The first-order valence-electron chi connectivity index (χ1n) is 10.2. The molecule has 1 N–H and O–H groups in total. The molecule has 0 saturated carbocycles. The van der Waals surface area contributed by atoms with Gasteiger partial charge in [-0.05, 0) is 48.2 Å². The summed E-state index contributed by atoms with van der Waals surface area (Å²) in [7, 11) is 0. The van der Waals surface area contributed by atoms with Crippen LogP contribution in [0.4, 0.5) is 0 Å². The van der Waals surface area contributed by atoms with Crippen LogP contribution in [0.2, 0.25) is 10.0 Å². The van der Waals surface area contributed by atoms with E-state index in [9.17, 15) is 4.79 Å². The van der Waals surface area contributed by atoms with Gasteiger partial charge in [0.1, 0.15) is 0 Å². The smallest absolute Gasteiger partial charge is 0.224 e. The molecule has 0 aliphatic carbocycles. The summed E-state index contributed by atoms with van der Waals surface area (Å²) in [4.78, 5) is 12.8. The van der Waals surface area contributed by atoms with Gasteiger partial charge in [0, 0.05) is 36.6 Å². The molecule has 5 nitrogen and oxygen atoms in total. The molecule has 0 aromatic heterocycles. The number of ether oxygens (including phenoxy) is 3. The molecule has 1 saturated heterocycles. The quantitative estimate of drug-likeness (QED) is 0.726. The minimum Gasteiger partial charge on any atom is -0.489 e. The van der Waals surface area contributed by atoms with Crippen molar-refractivity contribution < 1.29 is 19.0 Å². The summed E-state index contributed by atoms with van der Waals surface area (Å²) < 4.78 is 17.0. The summed E-state index contributed by atoms with van der Waals surface area (Å²) in [5, 5.41) is 4.30. The number of amides is 1. The van der Waals surface area contributed by atoms with Crippen molar-refractivity contribution in [2.45, 2.75) is 31.1 Å². The number of rotatable bonds is 5. The van der Waals surface area contributed by atoms with E-state index in [4.69, 9.17) is 37.4 Å². The second kappa shape index (κ2) is 9.46. The summed E-state index contributed by atoms with van der Waals surface area (Å²) in [6.07, 6.45) is 2.73. The molecule has 0 atom stereocenters. The van der Waals surface area contributed by atoms with E-state index >= 15 is 0 Å². The van der Waals surface area contributed by atoms with Crippen LogP contribution in [-0.4, -0.2) is 38.9 Å². The van der Waals surface area contributed by atoms with Crippen LogP contribution < -0.4 is 14.8 Å². The molecule has 1 amide bonds. The summed E-state index contributed by atoms with van der Waals surface area (Å²) >= 11 is 12.4. The Morgan fingerprint density at radius 2 is 1.73 bits per heavy atom. The molecule has 4 rings (SSSR count). The third kappa shape index (κ3) is 4.85. The highest BCUT2D eigenvalue weighted by Gasteiger charge is 2.34. The summed E-state index contributed by atoms with van der Waals surface area (Å²) in [6.45, 7) is 3.05. The molecule has 1 fully saturated rings. The number of nitrogens with one attached hydrogen (secondary N) is 1. The van der Waals surface area contributed by atoms with E-state index in [2.05, 4.69) is 5.32 Å². The number of carbonyl (C=O) groups is 1. The van der Waals surface area contributed by atoms with Crippen LogP contribution in [0.25, 0.3) is 0 Å². The lowest BCUT2D eigenvalue weighted by atomic mass is 9.74. The lowest BCUT2D eigenvalue weighted by molar-refractivity contribution is -0.120. The first-order chi connectivity index (χ1) is 14.6. The number of fused-ring (bicyclic) bond motifs is 1. The maximum atomic E-state index is 12.8. The fraction of sp³-hybridized carbons (Fsp3) is 0.435. The molecule has 7 heteroatoms. The van der Waals surface area contributed by atoms with Crippen LogP contribution in [0.3, 0.4) is 0 Å². The van der Waals surface area contributed by atoms with E-state index in [1.54, 1.807) is 6.07 Å². The molecular formula is C23H25Cl2NO4. The Hall–Kier alpha value is -1.95. The number of benzene rings is 2. The Morgan fingerprint density at radius 1 is 1.00 bits per heavy atom. The summed E-state index contributed by atoms with van der Waals surface area (Å²) in [5.74, 6) is 1.10. The summed E-state index contributed by atoms with van der Waals surface area (Å²) in [5.41, 5.74) is 1.82. The van der Waals surface area contributed by atoms with E-state index in [1.807, 2.05) is 30.3 Å². The van der Waals surface area contributed by atoms with Crippen molar-refractivity contribution in [3.05, 3.63) is 57.6 Å². The Balaban J connectivity index is 1.45. The van der Waals surface area contributed by atoms with Gasteiger partial charge >= 0.3 is 0 Å². The van der Waals surface area contributed by atoms with Gasteiger partial charge in [-0.25, -0.2) is 0 Å². The normalized spacial score (nSPS) is 17.8. The standard InChI is InChI=1S/C23H25Cl2NO4/c24-18-4-2-17(3-5-18)23(6-10-28-11-7-23)15-26-21(27)14-16-12-19(25)22-20(13-16)29-8-1-9-30-22/h2-5,12-13H,1,6-11,14-15H2,(H,26,27). The van der Waals surface area contributed by atoms with Crippen molar-refractivity contribution in [2.24, 2.45) is 0 Å². The Morgan fingerprint density at radius 3 is 2.50 bits per heavy atom. The fourth-order valence-corrected chi connectivity index (χ4v) is 4.45. The summed E-state index contributed by atoms with van der Waals surface area (Å²) in [6, 6.07) is 11.5. The second-order valence-corrected chi connectivity index (χ2v) is 8.65. The predicted octanol–water partition coefficient (Wildman–Crippen LogP) is 4.56. The van der Waals surface area contributed by atoms with Crippen molar-refractivity contribution in [1.29, 1.82) is 0 Å². The molecular weight excluding hydrogens is 425 g/mol. The van der Waals surface area contributed by atoms with Gasteiger partial charge in [-0.2, -0.15) is 0 Å². The topological polar surface area (TPSA) is 56.8 Å². The maximum Gasteiger partial charge on any atom is 0.224 e. The lowest BCUT2D eigenvalue weighted by Gasteiger charge is -2.38. The van der Waals surface area contributed by atoms with Gasteiger partial charge in [0.05, 0.1) is 24.7 Å². The van der Waals surface area contributed by atoms with Crippen molar-refractivity contribution in [3.63, 3.8) is 0 Å². The van der Waals surface area contributed by atoms with E-state index in [1.165, 1.54) is 5.56 Å². The SMILES string of the molecule is O=C(Cc1cc(Cl)c2c(c1)OCCCO2)NCC1(c2ccc(Cl)cc2)CCOCC1. The van der Waals surface area contributed by atoms with Crippen LogP contribution in [-0.2, 0) is 21.4 Å². The van der Waals surface area contributed by atoms with Gasteiger partial charge in [-0.1, -0.05) is 35.3 Å². The average Bonchev–Trinajstić information content (AvgIpc) is 2.99. The van der Waals surface area contributed by atoms with E-state index in [0.29, 0.717) is 54.5 Å². The van der Waals surface area contributed by atoms with E-state index in [-0.39, 0.29) is 17.7 Å². The largest absolute Gasteiger partial charge is 0.489 e. The van der Waals surface area contributed by atoms with Crippen LogP contribution in [0.1, 0.15) is 30.4 Å². The number of hydrogen-bond donors (Lipinski definition) is 1. The van der Waals surface area contributed by atoms with Gasteiger partial charge in [-0.3, -0.25) is 4.79 Å². The van der Waals surface area contributed by atoms with Crippen molar-refractivity contribution in [2.75, 3.05) is 33.0 Å². The van der Waals surface area contributed by atoms with Gasteiger partial charge in [0.15, 0.2) is 11.5 Å². The Kier molecular flexibility index (Phi) is 6.71. The van der Waals surface area contributed by atoms with Crippen LogP contribution in [0, 0.1) is 0 Å². The van der Waals surface area contributed by atoms with E-state index in [0.717, 1.165) is 24.8 Å².